The monoisotopic (exact) mass is 361 g/mol. The molecule has 0 spiro atoms. The Morgan fingerprint density at radius 1 is 1.00 bits per heavy atom. The summed E-state index contributed by atoms with van der Waals surface area (Å²) in [6.45, 7) is 0. The number of hydrogen-bond donors (Lipinski definition) is 2. The maximum absolute atomic E-state index is 13.6. The quantitative estimate of drug-likeness (QED) is 0.679. The van der Waals surface area contributed by atoms with Crippen molar-refractivity contribution in [3.05, 3.63) is 83.4 Å². The third-order valence-electron chi connectivity index (χ3n) is 3.90. The third kappa shape index (κ3) is 3.34. The van der Waals surface area contributed by atoms with Crippen LogP contribution in [0.4, 0.5) is 13.2 Å². The first-order chi connectivity index (χ1) is 12.4. The smallest absolute Gasteiger partial charge is 0.269 e. The molecule has 0 amide bonds. The molecular weight excluding hydrogens is 347 g/mol. The number of aliphatic hydroxyl groups is 1. The Morgan fingerprint density at radius 3 is 2.31 bits per heavy atom. The van der Waals surface area contributed by atoms with Gasteiger partial charge in [0.2, 0.25) is 0 Å². The minimum atomic E-state index is -3.09. The Kier molecular flexibility index (Phi) is 4.81. The van der Waals surface area contributed by atoms with E-state index in [1.54, 1.807) is 30.3 Å². The van der Waals surface area contributed by atoms with Gasteiger partial charge in [-0.25, -0.2) is 13.2 Å². The van der Waals surface area contributed by atoms with Crippen LogP contribution in [0.5, 0.6) is 5.75 Å². The molecule has 1 atom stereocenters. The van der Waals surface area contributed by atoms with E-state index >= 15 is 0 Å². The molecule has 26 heavy (non-hydrogen) atoms. The van der Waals surface area contributed by atoms with E-state index in [1.165, 1.54) is 12.3 Å². The number of carbonyl (C=O) groups excluding carboxylic acids is 1. The van der Waals surface area contributed by atoms with E-state index in [1.807, 2.05) is 0 Å². The highest BCUT2D eigenvalue weighted by Crippen LogP contribution is 2.28. The lowest BCUT2D eigenvalue weighted by molar-refractivity contribution is -0.00906. The third-order valence-corrected chi connectivity index (χ3v) is 3.90. The zero-order chi connectivity index (χ0) is 18.8. The molecule has 3 aromatic rings. The van der Waals surface area contributed by atoms with Crippen LogP contribution >= 0.6 is 0 Å². The standard InChI is InChI=1S/C19H14F3NO3/c20-14-9-13(6-7-16(14)24)23-10-12(8-15(23)18(26)19(21)22)17(25)11-4-2-1-3-5-11/h1-10,18-19,24,26H. The normalized spacial score (nSPS) is 12.3. The van der Waals surface area contributed by atoms with Crippen molar-refractivity contribution in [2.75, 3.05) is 0 Å². The summed E-state index contributed by atoms with van der Waals surface area (Å²) in [4.78, 5) is 12.6. The Hall–Kier alpha value is -3.06. The molecule has 1 aromatic heterocycles. The number of alkyl halides is 2. The van der Waals surface area contributed by atoms with Gasteiger partial charge in [0.15, 0.2) is 23.5 Å². The van der Waals surface area contributed by atoms with Gasteiger partial charge in [-0.05, 0) is 18.2 Å². The Bertz CT molecular complexity index is 938. The molecule has 0 bridgehead atoms. The lowest BCUT2D eigenvalue weighted by Gasteiger charge is -2.14. The van der Waals surface area contributed by atoms with Gasteiger partial charge in [0.05, 0.1) is 5.69 Å². The van der Waals surface area contributed by atoms with Gasteiger partial charge in [-0.2, -0.15) is 0 Å². The van der Waals surface area contributed by atoms with Crippen LogP contribution in [0.15, 0.2) is 60.8 Å². The van der Waals surface area contributed by atoms with Crippen LogP contribution in [0.25, 0.3) is 5.69 Å². The number of hydrogen-bond acceptors (Lipinski definition) is 3. The SMILES string of the molecule is O=C(c1ccccc1)c1cc(C(O)C(F)F)n(-c2ccc(O)c(F)c2)c1. The fourth-order valence-corrected chi connectivity index (χ4v) is 2.59. The number of carbonyl (C=O) groups is 1. The van der Waals surface area contributed by atoms with E-state index in [0.29, 0.717) is 5.56 Å². The molecule has 0 aliphatic heterocycles. The van der Waals surface area contributed by atoms with Crippen molar-refractivity contribution < 1.29 is 28.2 Å². The Balaban J connectivity index is 2.11. The van der Waals surface area contributed by atoms with Crippen molar-refractivity contribution in [3.8, 4) is 11.4 Å². The lowest BCUT2D eigenvalue weighted by atomic mass is 10.1. The van der Waals surface area contributed by atoms with Crippen molar-refractivity contribution in [1.29, 1.82) is 0 Å². The zero-order valence-electron chi connectivity index (χ0n) is 13.3. The van der Waals surface area contributed by atoms with Crippen molar-refractivity contribution in [1.82, 2.24) is 4.57 Å². The number of rotatable bonds is 5. The van der Waals surface area contributed by atoms with Crippen LogP contribution in [-0.4, -0.2) is 27.0 Å². The fraction of sp³-hybridized carbons (Fsp3) is 0.105. The van der Waals surface area contributed by atoms with Crippen LogP contribution in [0.2, 0.25) is 0 Å². The number of phenolic OH excluding ortho intramolecular Hbond substituents is 1. The molecular formula is C19H14F3NO3. The van der Waals surface area contributed by atoms with Gasteiger partial charge < -0.3 is 14.8 Å². The molecule has 7 heteroatoms. The molecule has 0 radical (unpaired) electrons. The number of ketones is 1. The molecule has 0 fully saturated rings. The molecule has 0 saturated heterocycles. The number of aromatic nitrogens is 1. The average Bonchev–Trinajstić information content (AvgIpc) is 3.08. The van der Waals surface area contributed by atoms with E-state index in [4.69, 9.17) is 0 Å². The van der Waals surface area contributed by atoms with E-state index in [0.717, 1.165) is 22.8 Å². The summed E-state index contributed by atoms with van der Waals surface area (Å²) in [5.41, 5.74) is 0.241. The number of phenols is 1. The summed E-state index contributed by atoms with van der Waals surface area (Å²) in [5, 5.41) is 19.1. The van der Waals surface area contributed by atoms with Crippen molar-refractivity contribution in [2.24, 2.45) is 0 Å². The van der Waals surface area contributed by atoms with Gasteiger partial charge in [-0.15, -0.1) is 0 Å². The van der Waals surface area contributed by atoms with Gasteiger partial charge in [-0.3, -0.25) is 4.79 Å². The number of benzene rings is 2. The van der Waals surface area contributed by atoms with Gasteiger partial charge in [0, 0.05) is 29.1 Å². The van der Waals surface area contributed by atoms with Crippen molar-refractivity contribution in [2.45, 2.75) is 12.5 Å². The molecule has 2 N–H and O–H groups in total. The predicted molar refractivity (Wildman–Crippen MR) is 88.2 cm³/mol. The van der Waals surface area contributed by atoms with Gasteiger partial charge in [0.25, 0.3) is 6.43 Å². The summed E-state index contributed by atoms with van der Waals surface area (Å²) >= 11 is 0. The van der Waals surface area contributed by atoms with Crippen LogP contribution in [0.3, 0.4) is 0 Å². The maximum atomic E-state index is 13.6. The molecule has 1 heterocycles. The average molecular weight is 361 g/mol. The lowest BCUT2D eigenvalue weighted by Crippen LogP contribution is -2.12. The number of halogens is 3. The second kappa shape index (κ2) is 7.05. The summed E-state index contributed by atoms with van der Waals surface area (Å²) in [7, 11) is 0. The first-order valence-corrected chi connectivity index (χ1v) is 7.65. The zero-order valence-corrected chi connectivity index (χ0v) is 13.3. The molecule has 0 aliphatic rings. The van der Waals surface area contributed by atoms with E-state index in [9.17, 15) is 28.2 Å². The Morgan fingerprint density at radius 2 is 1.69 bits per heavy atom. The fourth-order valence-electron chi connectivity index (χ4n) is 2.59. The molecule has 0 saturated carbocycles. The molecule has 1 unspecified atom stereocenters. The van der Waals surface area contributed by atoms with Crippen LogP contribution < -0.4 is 0 Å². The maximum Gasteiger partial charge on any atom is 0.269 e. The summed E-state index contributed by atoms with van der Waals surface area (Å²) in [6, 6.07) is 12.6. The van der Waals surface area contributed by atoms with Crippen LogP contribution in [0, 0.1) is 5.82 Å². The Labute approximate surface area is 146 Å². The van der Waals surface area contributed by atoms with Crippen LogP contribution in [-0.2, 0) is 0 Å². The van der Waals surface area contributed by atoms with Gasteiger partial charge >= 0.3 is 0 Å². The summed E-state index contributed by atoms with van der Waals surface area (Å²) in [5.74, 6) is -1.98. The largest absolute Gasteiger partial charge is 0.505 e. The summed E-state index contributed by atoms with van der Waals surface area (Å²) in [6.07, 6.45) is -4.00. The van der Waals surface area contributed by atoms with E-state index in [-0.39, 0.29) is 16.9 Å². The first-order valence-electron chi connectivity index (χ1n) is 7.65. The highest BCUT2D eigenvalue weighted by molar-refractivity contribution is 6.09. The van der Waals surface area contributed by atoms with Crippen molar-refractivity contribution in [3.63, 3.8) is 0 Å². The van der Waals surface area contributed by atoms with Gasteiger partial charge in [0.1, 0.15) is 0 Å². The number of nitrogens with zero attached hydrogens (tertiary/aromatic N) is 1. The minimum absolute atomic E-state index is 0.0689. The minimum Gasteiger partial charge on any atom is -0.505 e. The summed E-state index contributed by atoms with van der Waals surface area (Å²) < 4.78 is 40.8. The first kappa shape index (κ1) is 17.8. The van der Waals surface area contributed by atoms with E-state index < -0.39 is 29.9 Å². The highest BCUT2D eigenvalue weighted by atomic mass is 19.3. The highest BCUT2D eigenvalue weighted by Gasteiger charge is 2.26. The molecule has 4 nitrogen and oxygen atoms in total. The number of aliphatic hydroxyl groups excluding tert-OH is 1. The van der Waals surface area contributed by atoms with Crippen LogP contribution in [0.1, 0.15) is 27.7 Å². The topological polar surface area (TPSA) is 62.5 Å². The predicted octanol–water partition coefficient (Wildman–Crippen LogP) is 3.85. The second-order valence-corrected chi connectivity index (χ2v) is 5.63. The second-order valence-electron chi connectivity index (χ2n) is 5.63. The molecule has 2 aromatic carbocycles. The number of aromatic hydroxyl groups is 1. The van der Waals surface area contributed by atoms with Crippen molar-refractivity contribution >= 4 is 5.78 Å². The molecule has 0 aliphatic carbocycles. The van der Waals surface area contributed by atoms with Gasteiger partial charge in [-0.1, -0.05) is 30.3 Å². The van der Waals surface area contributed by atoms with E-state index in [2.05, 4.69) is 0 Å². The molecule has 134 valence electrons. The molecule has 3 rings (SSSR count).